The Balaban J connectivity index is 1.59. The molecule has 0 N–H and O–H groups in total. The average molecular weight is 299 g/mol. The van der Waals surface area contributed by atoms with Gasteiger partial charge in [-0.3, -0.25) is 5.01 Å². The van der Waals surface area contributed by atoms with Gasteiger partial charge in [0.2, 0.25) is 0 Å². The van der Waals surface area contributed by atoms with Crippen LogP contribution in [0.2, 0.25) is 0 Å². The number of benzene rings is 1. The molecule has 22 heavy (non-hydrogen) atoms. The number of ether oxygens (including phenoxy) is 1. The summed E-state index contributed by atoms with van der Waals surface area (Å²) in [6.45, 7) is 5.55. The van der Waals surface area contributed by atoms with Crippen molar-refractivity contribution in [3.05, 3.63) is 47.9 Å². The first-order valence-electron chi connectivity index (χ1n) is 7.49. The van der Waals surface area contributed by atoms with Crippen LogP contribution >= 0.6 is 0 Å². The van der Waals surface area contributed by atoms with Crippen molar-refractivity contribution < 1.29 is 9.15 Å². The number of methoxy groups -OCH3 is 1. The molecule has 5 heteroatoms. The van der Waals surface area contributed by atoms with Gasteiger partial charge in [0.1, 0.15) is 17.3 Å². The summed E-state index contributed by atoms with van der Waals surface area (Å²) in [6.07, 6.45) is 1.78. The lowest BCUT2D eigenvalue weighted by molar-refractivity contribution is 0.270. The molecule has 1 aliphatic rings. The summed E-state index contributed by atoms with van der Waals surface area (Å²) in [5, 5.41) is 6.57. The Labute approximate surface area is 130 Å². The molecule has 0 saturated carbocycles. The van der Waals surface area contributed by atoms with Crippen molar-refractivity contribution in [3.8, 4) is 5.75 Å². The summed E-state index contributed by atoms with van der Waals surface area (Å²) in [6, 6.07) is 12.0. The maximum Gasteiger partial charge on any atom is 0.147 e. The van der Waals surface area contributed by atoms with Crippen LogP contribution in [0.1, 0.15) is 11.5 Å². The van der Waals surface area contributed by atoms with Crippen LogP contribution < -0.4 is 9.64 Å². The fraction of sp³-hybridized carbons (Fsp3) is 0.353. The summed E-state index contributed by atoms with van der Waals surface area (Å²) < 4.78 is 10.9. The summed E-state index contributed by atoms with van der Waals surface area (Å²) in [4.78, 5) is 2.34. The predicted molar refractivity (Wildman–Crippen MR) is 87.8 cm³/mol. The second-order valence-corrected chi connectivity index (χ2v) is 5.31. The number of nitrogens with zero attached hydrogens (tertiary/aromatic N) is 3. The highest BCUT2D eigenvalue weighted by molar-refractivity contribution is 5.75. The first kappa shape index (κ1) is 14.5. The Morgan fingerprint density at radius 2 is 1.86 bits per heavy atom. The van der Waals surface area contributed by atoms with Gasteiger partial charge in [0.25, 0.3) is 0 Å². The minimum absolute atomic E-state index is 0.796. The Morgan fingerprint density at radius 3 is 2.55 bits per heavy atom. The number of para-hydroxylation sites is 2. The minimum Gasteiger partial charge on any atom is -0.495 e. The quantitative estimate of drug-likeness (QED) is 0.814. The van der Waals surface area contributed by atoms with E-state index < -0.39 is 0 Å². The van der Waals surface area contributed by atoms with Gasteiger partial charge in [-0.25, -0.2) is 0 Å². The topological polar surface area (TPSA) is 41.2 Å². The zero-order chi connectivity index (χ0) is 15.4. The molecule has 1 fully saturated rings. The zero-order valence-corrected chi connectivity index (χ0v) is 13.0. The van der Waals surface area contributed by atoms with E-state index >= 15 is 0 Å². The van der Waals surface area contributed by atoms with Crippen molar-refractivity contribution in [1.29, 1.82) is 0 Å². The molecular weight excluding hydrogens is 278 g/mol. The molecule has 0 radical (unpaired) electrons. The van der Waals surface area contributed by atoms with Crippen LogP contribution in [0.15, 0.2) is 45.9 Å². The Hall–Kier alpha value is -2.43. The lowest BCUT2D eigenvalue weighted by atomic mass is 10.2. The van der Waals surface area contributed by atoms with Crippen LogP contribution in [0, 0.1) is 6.92 Å². The molecular formula is C17H21N3O2. The summed E-state index contributed by atoms with van der Waals surface area (Å²) in [5.41, 5.74) is 1.15. The van der Waals surface area contributed by atoms with Gasteiger partial charge >= 0.3 is 0 Å². The number of piperazine rings is 1. The molecule has 0 bridgehead atoms. The van der Waals surface area contributed by atoms with E-state index in [-0.39, 0.29) is 0 Å². The fourth-order valence-electron chi connectivity index (χ4n) is 2.60. The molecule has 0 aliphatic carbocycles. The van der Waals surface area contributed by atoms with Crippen molar-refractivity contribution in [2.45, 2.75) is 6.92 Å². The third-order valence-corrected chi connectivity index (χ3v) is 3.79. The van der Waals surface area contributed by atoms with Gasteiger partial charge in [-0.15, -0.1) is 0 Å². The predicted octanol–water partition coefficient (Wildman–Crippen LogP) is 2.75. The highest BCUT2D eigenvalue weighted by atomic mass is 16.5. The van der Waals surface area contributed by atoms with E-state index in [1.807, 2.05) is 37.3 Å². The molecule has 1 aromatic carbocycles. The number of hydrazone groups is 1. The Morgan fingerprint density at radius 1 is 1.09 bits per heavy atom. The van der Waals surface area contributed by atoms with Crippen LogP contribution in [-0.4, -0.2) is 44.5 Å². The largest absolute Gasteiger partial charge is 0.495 e. The van der Waals surface area contributed by atoms with Crippen molar-refractivity contribution in [2.24, 2.45) is 5.10 Å². The number of rotatable bonds is 4. The van der Waals surface area contributed by atoms with Gasteiger partial charge in [0.15, 0.2) is 0 Å². The summed E-state index contributed by atoms with van der Waals surface area (Å²) >= 11 is 0. The van der Waals surface area contributed by atoms with Gasteiger partial charge in [-0.05, 0) is 31.2 Å². The number of hydrogen-bond acceptors (Lipinski definition) is 5. The van der Waals surface area contributed by atoms with Crippen molar-refractivity contribution >= 4 is 11.9 Å². The maximum atomic E-state index is 5.49. The number of hydrogen-bond donors (Lipinski definition) is 0. The molecule has 5 nitrogen and oxygen atoms in total. The summed E-state index contributed by atoms with van der Waals surface area (Å²) in [7, 11) is 1.71. The molecule has 1 saturated heterocycles. The van der Waals surface area contributed by atoms with E-state index in [1.54, 1.807) is 13.3 Å². The van der Waals surface area contributed by atoms with Gasteiger partial charge in [-0.1, -0.05) is 12.1 Å². The maximum absolute atomic E-state index is 5.49. The lowest BCUT2D eigenvalue weighted by Crippen LogP contribution is -2.44. The second kappa shape index (κ2) is 6.56. The van der Waals surface area contributed by atoms with E-state index in [0.29, 0.717) is 0 Å². The molecule has 1 aromatic heterocycles. The lowest BCUT2D eigenvalue weighted by Gasteiger charge is -2.35. The van der Waals surface area contributed by atoms with E-state index in [4.69, 9.17) is 9.15 Å². The van der Waals surface area contributed by atoms with Crippen LogP contribution in [0.3, 0.4) is 0 Å². The number of furan rings is 1. The minimum atomic E-state index is 0.796. The van der Waals surface area contributed by atoms with Gasteiger partial charge in [-0.2, -0.15) is 5.10 Å². The highest BCUT2D eigenvalue weighted by Crippen LogP contribution is 2.28. The summed E-state index contributed by atoms with van der Waals surface area (Å²) in [5.74, 6) is 2.62. The number of aryl methyl sites for hydroxylation is 1. The first-order valence-corrected chi connectivity index (χ1v) is 7.49. The second-order valence-electron chi connectivity index (χ2n) is 5.31. The fourth-order valence-corrected chi connectivity index (χ4v) is 2.60. The first-order chi connectivity index (χ1) is 10.8. The van der Waals surface area contributed by atoms with Crippen molar-refractivity contribution in [3.63, 3.8) is 0 Å². The van der Waals surface area contributed by atoms with Crippen LogP contribution in [-0.2, 0) is 0 Å². The van der Waals surface area contributed by atoms with Gasteiger partial charge < -0.3 is 14.1 Å². The van der Waals surface area contributed by atoms with Gasteiger partial charge in [0, 0.05) is 13.1 Å². The molecule has 0 unspecified atom stereocenters. The van der Waals surface area contributed by atoms with Crippen LogP contribution in [0.4, 0.5) is 5.69 Å². The molecule has 1 aliphatic heterocycles. The normalized spacial score (nSPS) is 15.5. The Kier molecular flexibility index (Phi) is 4.32. The van der Waals surface area contributed by atoms with E-state index in [9.17, 15) is 0 Å². The van der Waals surface area contributed by atoms with Crippen molar-refractivity contribution in [1.82, 2.24) is 5.01 Å². The van der Waals surface area contributed by atoms with E-state index in [2.05, 4.69) is 21.1 Å². The van der Waals surface area contributed by atoms with E-state index in [0.717, 1.165) is 49.1 Å². The zero-order valence-electron chi connectivity index (χ0n) is 13.0. The molecule has 0 amide bonds. The Bertz CT molecular complexity index is 643. The molecule has 3 rings (SSSR count). The molecule has 0 spiro atoms. The van der Waals surface area contributed by atoms with Crippen molar-refractivity contribution in [2.75, 3.05) is 38.2 Å². The smallest absolute Gasteiger partial charge is 0.147 e. The molecule has 2 heterocycles. The highest BCUT2D eigenvalue weighted by Gasteiger charge is 2.18. The van der Waals surface area contributed by atoms with E-state index in [1.165, 1.54) is 0 Å². The average Bonchev–Trinajstić information content (AvgIpc) is 2.99. The van der Waals surface area contributed by atoms with Crippen LogP contribution in [0.25, 0.3) is 0 Å². The van der Waals surface area contributed by atoms with Gasteiger partial charge in [0.05, 0.1) is 32.1 Å². The molecule has 116 valence electrons. The molecule has 2 aromatic rings. The monoisotopic (exact) mass is 299 g/mol. The third-order valence-electron chi connectivity index (χ3n) is 3.79. The standard InChI is InChI=1S/C17H21N3O2/c1-14-7-8-15(22-14)13-18-20-11-9-19(10-12-20)16-5-3-4-6-17(16)21-2/h3-8,13H,9-12H2,1-2H3/b18-13+. The van der Waals surface area contributed by atoms with Crippen LogP contribution in [0.5, 0.6) is 5.75 Å². The third kappa shape index (κ3) is 3.24. The number of anilines is 1. The SMILES string of the molecule is COc1ccccc1N1CCN(/N=C/c2ccc(C)o2)CC1. The molecule has 0 atom stereocenters.